The molecule has 3 aromatic rings. The van der Waals surface area contributed by atoms with Gasteiger partial charge in [-0.15, -0.1) is 0 Å². The Morgan fingerprint density at radius 1 is 1.15 bits per heavy atom. The summed E-state index contributed by atoms with van der Waals surface area (Å²) in [6.07, 6.45) is -0.434. The van der Waals surface area contributed by atoms with Crippen LogP contribution in [-0.4, -0.2) is 27.6 Å². The molecule has 11 heteroatoms. The number of carbonyl (C=O) groups is 1. The molecular formula is C22H21F3N4O3S. The summed E-state index contributed by atoms with van der Waals surface area (Å²) in [6, 6.07) is 11.2. The second-order valence-electron chi connectivity index (χ2n) is 6.91. The van der Waals surface area contributed by atoms with Crippen molar-refractivity contribution in [2.75, 3.05) is 11.9 Å². The maximum absolute atomic E-state index is 13.4. The molecule has 0 atom stereocenters. The molecule has 2 heterocycles. The number of pyridine rings is 1. The molecule has 7 nitrogen and oxygen atoms in total. The van der Waals surface area contributed by atoms with Crippen LogP contribution in [0.2, 0.25) is 0 Å². The topological polar surface area (TPSA) is 89.3 Å². The van der Waals surface area contributed by atoms with Crippen molar-refractivity contribution in [1.29, 1.82) is 0 Å². The number of ether oxygens (including phenoxy) is 1. The van der Waals surface area contributed by atoms with E-state index in [0.717, 1.165) is 19.3 Å². The summed E-state index contributed by atoms with van der Waals surface area (Å²) in [6.45, 7) is 2.64. The summed E-state index contributed by atoms with van der Waals surface area (Å²) in [5.74, 6) is -2.56. The first-order chi connectivity index (χ1) is 15.8. The number of hydrogen-bond acceptors (Lipinski definition) is 6. The van der Waals surface area contributed by atoms with Crippen molar-refractivity contribution in [1.82, 2.24) is 15.3 Å². The monoisotopic (exact) mass is 478 g/mol. The molecule has 0 bridgehead atoms. The molecule has 0 radical (unpaired) electrons. The quantitative estimate of drug-likeness (QED) is 0.329. The van der Waals surface area contributed by atoms with Crippen LogP contribution < -0.4 is 15.4 Å². The Bertz CT molecular complexity index is 1090. The number of thiocarbonyl (C=S) groups is 1. The number of unbranched alkanes of at least 4 members (excludes halogenated alkanes) is 2. The standard InChI is InChI=1S/C22H21F3N4O3S/c1-2-3-7-12-31-16-11-10-15(13-26-16)27-21(33)29-19(30)17-18(22(23,24)25)32-20(28-17)14-8-5-4-6-9-14/h4-6,8-11,13H,2-3,7,12H2,1H3,(H2,27,29,30,33). The lowest BCUT2D eigenvalue weighted by molar-refractivity contribution is -0.153. The highest BCUT2D eigenvalue weighted by Crippen LogP contribution is 2.35. The summed E-state index contributed by atoms with van der Waals surface area (Å²) in [5.41, 5.74) is -0.201. The Morgan fingerprint density at radius 3 is 2.55 bits per heavy atom. The molecule has 0 aliphatic rings. The van der Waals surface area contributed by atoms with Gasteiger partial charge in [0.05, 0.1) is 18.5 Å². The Hall–Kier alpha value is -3.47. The van der Waals surface area contributed by atoms with Crippen LogP contribution in [0.15, 0.2) is 53.1 Å². The van der Waals surface area contributed by atoms with Crippen LogP contribution in [0.1, 0.15) is 42.4 Å². The van der Waals surface area contributed by atoms with Gasteiger partial charge in [-0.1, -0.05) is 38.0 Å². The van der Waals surface area contributed by atoms with Gasteiger partial charge in [0.25, 0.3) is 5.91 Å². The fourth-order valence-electron chi connectivity index (χ4n) is 2.76. The SMILES string of the molecule is CCCCCOc1ccc(NC(=S)NC(=O)c2nc(-c3ccccc3)oc2C(F)(F)F)cn1. The van der Waals surface area contributed by atoms with Gasteiger partial charge >= 0.3 is 6.18 Å². The minimum absolute atomic E-state index is 0.226. The second-order valence-corrected chi connectivity index (χ2v) is 7.32. The minimum Gasteiger partial charge on any atom is -0.478 e. The van der Waals surface area contributed by atoms with Crippen molar-refractivity contribution in [3.63, 3.8) is 0 Å². The molecule has 2 N–H and O–H groups in total. The third kappa shape index (κ3) is 6.75. The molecule has 33 heavy (non-hydrogen) atoms. The zero-order valence-electron chi connectivity index (χ0n) is 17.6. The van der Waals surface area contributed by atoms with E-state index in [1.54, 1.807) is 30.3 Å². The van der Waals surface area contributed by atoms with Gasteiger partial charge in [-0.3, -0.25) is 10.1 Å². The van der Waals surface area contributed by atoms with E-state index in [1.165, 1.54) is 18.3 Å². The van der Waals surface area contributed by atoms with Gasteiger partial charge < -0.3 is 14.5 Å². The highest BCUT2D eigenvalue weighted by molar-refractivity contribution is 7.80. The maximum Gasteiger partial charge on any atom is 0.452 e. The van der Waals surface area contributed by atoms with Gasteiger partial charge in [0.1, 0.15) is 0 Å². The molecule has 0 unspecified atom stereocenters. The zero-order chi connectivity index (χ0) is 23.8. The lowest BCUT2D eigenvalue weighted by atomic mass is 10.2. The first kappa shape index (κ1) is 24.2. The Morgan fingerprint density at radius 2 is 1.91 bits per heavy atom. The van der Waals surface area contributed by atoms with Crippen molar-refractivity contribution in [2.24, 2.45) is 0 Å². The minimum atomic E-state index is -4.92. The summed E-state index contributed by atoms with van der Waals surface area (Å²) >= 11 is 5.04. The molecule has 3 rings (SSSR count). The number of amides is 1. The van der Waals surface area contributed by atoms with Crippen LogP contribution >= 0.6 is 12.2 Å². The Balaban J connectivity index is 1.66. The molecule has 0 aliphatic carbocycles. The Labute approximate surface area is 193 Å². The fourth-order valence-corrected chi connectivity index (χ4v) is 2.97. The van der Waals surface area contributed by atoms with Crippen LogP contribution in [0.4, 0.5) is 18.9 Å². The summed E-state index contributed by atoms with van der Waals surface area (Å²) in [5, 5.41) is 4.64. The van der Waals surface area contributed by atoms with Gasteiger partial charge in [0.2, 0.25) is 17.5 Å². The highest BCUT2D eigenvalue weighted by atomic mass is 32.1. The summed E-state index contributed by atoms with van der Waals surface area (Å²) in [7, 11) is 0. The number of alkyl halides is 3. The van der Waals surface area contributed by atoms with E-state index in [9.17, 15) is 18.0 Å². The van der Waals surface area contributed by atoms with Gasteiger partial charge in [-0.25, -0.2) is 9.97 Å². The number of aromatic nitrogens is 2. The van der Waals surface area contributed by atoms with Crippen LogP contribution in [0.5, 0.6) is 5.88 Å². The molecule has 0 fully saturated rings. The highest BCUT2D eigenvalue weighted by Gasteiger charge is 2.42. The number of oxazole rings is 1. The van der Waals surface area contributed by atoms with Crippen molar-refractivity contribution in [2.45, 2.75) is 32.4 Å². The molecule has 1 aromatic carbocycles. The van der Waals surface area contributed by atoms with Gasteiger partial charge in [-0.2, -0.15) is 13.2 Å². The normalized spacial score (nSPS) is 11.2. The van der Waals surface area contributed by atoms with Crippen molar-refractivity contribution in [3.8, 4) is 17.3 Å². The van der Waals surface area contributed by atoms with Crippen molar-refractivity contribution >= 4 is 28.9 Å². The molecular weight excluding hydrogens is 457 g/mol. The molecule has 1 amide bonds. The largest absolute Gasteiger partial charge is 0.478 e. The number of nitrogens with zero attached hydrogens (tertiary/aromatic N) is 2. The first-order valence-corrected chi connectivity index (χ1v) is 10.5. The third-order valence-corrected chi connectivity index (χ3v) is 4.54. The second kappa shape index (κ2) is 10.9. The molecule has 0 spiro atoms. The lowest BCUT2D eigenvalue weighted by Gasteiger charge is -2.10. The van der Waals surface area contributed by atoms with Gasteiger partial charge in [0, 0.05) is 11.6 Å². The summed E-state index contributed by atoms with van der Waals surface area (Å²) < 4.78 is 50.6. The van der Waals surface area contributed by atoms with Crippen LogP contribution in [0.25, 0.3) is 11.5 Å². The number of carbonyl (C=O) groups excluding carboxylic acids is 1. The number of halogens is 3. The first-order valence-electron chi connectivity index (χ1n) is 10.1. The van der Waals surface area contributed by atoms with Crippen molar-refractivity contribution in [3.05, 3.63) is 60.1 Å². The predicted molar refractivity (Wildman–Crippen MR) is 120 cm³/mol. The maximum atomic E-state index is 13.4. The van der Waals surface area contributed by atoms with E-state index >= 15 is 0 Å². The van der Waals surface area contributed by atoms with E-state index < -0.39 is 23.5 Å². The molecule has 174 valence electrons. The van der Waals surface area contributed by atoms with E-state index in [-0.39, 0.29) is 11.0 Å². The number of benzene rings is 1. The van der Waals surface area contributed by atoms with Crippen LogP contribution in [0, 0.1) is 0 Å². The van der Waals surface area contributed by atoms with Crippen molar-refractivity contribution < 1.29 is 27.1 Å². The molecule has 0 saturated heterocycles. The average molecular weight is 478 g/mol. The molecule has 2 aromatic heterocycles. The van der Waals surface area contributed by atoms with Gasteiger partial charge in [0.15, 0.2) is 10.8 Å². The zero-order valence-corrected chi connectivity index (χ0v) is 18.4. The Kier molecular flexibility index (Phi) is 7.99. The summed E-state index contributed by atoms with van der Waals surface area (Å²) in [4.78, 5) is 20.3. The van der Waals surface area contributed by atoms with Gasteiger partial charge in [-0.05, 0) is 36.8 Å². The van der Waals surface area contributed by atoms with Crippen LogP contribution in [0.3, 0.4) is 0 Å². The smallest absolute Gasteiger partial charge is 0.452 e. The lowest BCUT2D eigenvalue weighted by Crippen LogP contribution is -2.35. The molecule has 0 aliphatic heterocycles. The third-order valence-electron chi connectivity index (χ3n) is 4.34. The van der Waals surface area contributed by atoms with E-state index in [1.807, 2.05) is 0 Å². The van der Waals surface area contributed by atoms with E-state index in [4.69, 9.17) is 21.4 Å². The predicted octanol–water partition coefficient (Wildman–Crippen LogP) is 5.45. The number of hydrogen-bond donors (Lipinski definition) is 2. The van der Waals surface area contributed by atoms with E-state index in [0.29, 0.717) is 23.7 Å². The number of nitrogens with one attached hydrogen (secondary N) is 2. The van der Waals surface area contributed by atoms with Crippen LogP contribution in [-0.2, 0) is 6.18 Å². The molecule has 0 saturated carbocycles. The number of rotatable bonds is 8. The van der Waals surface area contributed by atoms with E-state index in [2.05, 4.69) is 27.5 Å². The average Bonchev–Trinajstić information content (AvgIpc) is 3.25. The number of anilines is 1. The fraction of sp³-hybridized carbons (Fsp3) is 0.273.